The Bertz CT molecular complexity index is 109. The van der Waals surface area contributed by atoms with E-state index < -0.39 is 0 Å². The second-order valence-corrected chi connectivity index (χ2v) is 4.99. The van der Waals surface area contributed by atoms with E-state index in [0.29, 0.717) is 0 Å². The number of rotatable bonds is 10. The molecule has 0 radical (unpaired) electrons. The lowest BCUT2D eigenvalue weighted by molar-refractivity contribution is 0.149. The van der Waals surface area contributed by atoms with Crippen molar-refractivity contribution in [3.05, 3.63) is 0 Å². The van der Waals surface area contributed by atoms with Crippen molar-refractivity contribution >= 4 is 11.8 Å². The van der Waals surface area contributed by atoms with Gasteiger partial charge in [-0.3, -0.25) is 0 Å². The molecule has 86 valence electrons. The second-order valence-electron chi connectivity index (χ2n) is 3.76. The van der Waals surface area contributed by atoms with Crippen molar-refractivity contribution in [2.45, 2.75) is 27.2 Å². The molecule has 0 saturated heterocycles. The van der Waals surface area contributed by atoms with E-state index in [0.717, 1.165) is 32.2 Å². The minimum Gasteiger partial charge on any atom is -0.382 e. The molecule has 0 bridgehead atoms. The summed E-state index contributed by atoms with van der Waals surface area (Å²) in [6.07, 6.45) is 1.18. The smallest absolute Gasteiger partial charge is 0.0473 e. The number of hydrogen-bond donors (Lipinski definition) is 1. The van der Waals surface area contributed by atoms with Crippen LogP contribution in [-0.2, 0) is 4.74 Å². The molecule has 0 amide bonds. The van der Waals surface area contributed by atoms with Crippen molar-refractivity contribution < 1.29 is 4.74 Å². The van der Waals surface area contributed by atoms with Gasteiger partial charge in [0.15, 0.2) is 0 Å². The van der Waals surface area contributed by atoms with E-state index in [2.05, 4.69) is 19.2 Å². The predicted molar refractivity (Wildman–Crippen MR) is 66.1 cm³/mol. The van der Waals surface area contributed by atoms with Crippen molar-refractivity contribution in [3.63, 3.8) is 0 Å². The average Bonchev–Trinajstić information content (AvgIpc) is 2.15. The van der Waals surface area contributed by atoms with Crippen LogP contribution in [0.2, 0.25) is 0 Å². The summed E-state index contributed by atoms with van der Waals surface area (Å²) in [6.45, 7) is 10.6. The van der Waals surface area contributed by atoms with E-state index >= 15 is 0 Å². The quantitative estimate of drug-likeness (QED) is 0.570. The zero-order chi connectivity index (χ0) is 10.6. The molecule has 1 N–H and O–H groups in total. The van der Waals surface area contributed by atoms with Gasteiger partial charge in [-0.25, -0.2) is 0 Å². The van der Waals surface area contributed by atoms with Crippen LogP contribution in [0.5, 0.6) is 0 Å². The Labute approximate surface area is 93.2 Å². The standard InChI is InChI=1S/C11H25NOS/c1-4-13-7-5-8-14-9-6-12-10-11(2)3/h11-12H,4-10H2,1-3H3. The summed E-state index contributed by atoms with van der Waals surface area (Å²) in [5, 5.41) is 3.43. The predicted octanol–water partition coefficient (Wildman–Crippen LogP) is 2.39. The van der Waals surface area contributed by atoms with Crippen LogP contribution in [0.3, 0.4) is 0 Å². The van der Waals surface area contributed by atoms with Gasteiger partial charge in [0.1, 0.15) is 0 Å². The van der Waals surface area contributed by atoms with Gasteiger partial charge in [-0.1, -0.05) is 13.8 Å². The Balaban J connectivity index is 2.85. The highest BCUT2D eigenvalue weighted by atomic mass is 32.2. The highest BCUT2D eigenvalue weighted by Crippen LogP contribution is 2.01. The summed E-state index contributed by atoms with van der Waals surface area (Å²) in [7, 11) is 0. The summed E-state index contributed by atoms with van der Waals surface area (Å²) >= 11 is 2.01. The summed E-state index contributed by atoms with van der Waals surface area (Å²) in [4.78, 5) is 0. The van der Waals surface area contributed by atoms with Crippen molar-refractivity contribution in [2.24, 2.45) is 5.92 Å². The molecule has 2 nitrogen and oxygen atoms in total. The molecule has 0 aliphatic carbocycles. The lowest BCUT2D eigenvalue weighted by Gasteiger charge is -2.06. The number of nitrogens with one attached hydrogen (secondary N) is 1. The van der Waals surface area contributed by atoms with Gasteiger partial charge in [0.25, 0.3) is 0 Å². The Morgan fingerprint density at radius 2 is 2.07 bits per heavy atom. The third-order valence-electron chi connectivity index (χ3n) is 1.76. The van der Waals surface area contributed by atoms with Crippen LogP contribution in [0.25, 0.3) is 0 Å². The zero-order valence-corrected chi connectivity index (χ0v) is 10.7. The molecule has 0 spiro atoms. The Hall–Kier alpha value is 0.270. The maximum Gasteiger partial charge on any atom is 0.0473 e. The molecule has 0 unspecified atom stereocenters. The summed E-state index contributed by atoms with van der Waals surface area (Å²) in [5.41, 5.74) is 0. The van der Waals surface area contributed by atoms with Gasteiger partial charge in [0, 0.05) is 25.5 Å². The summed E-state index contributed by atoms with van der Waals surface area (Å²) in [6, 6.07) is 0. The third-order valence-corrected chi connectivity index (χ3v) is 2.83. The van der Waals surface area contributed by atoms with E-state index in [9.17, 15) is 0 Å². The van der Waals surface area contributed by atoms with E-state index in [1.807, 2.05) is 18.7 Å². The maximum atomic E-state index is 5.26. The van der Waals surface area contributed by atoms with Gasteiger partial charge in [0.05, 0.1) is 0 Å². The Kier molecular flexibility index (Phi) is 11.6. The number of thioether (sulfide) groups is 1. The van der Waals surface area contributed by atoms with Crippen molar-refractivity contribution in [1.29, 1.82) is 0 Å². The third kappa shape index (κ3) is 12.3. The van der Waals surface area contributed by atoms with Gasteiger partial charge in [-0.05, 0) is 31.6 Å². The minimum atomic E-state index is 0.762. The van der Waals surface area contributed by atoms with Crippen LogP contribution in [0.1, 0.15) is 27.2 Å². The summed E-state index contributed by atoms with van der Waals surface area (Å²) < 4.78 is 5.26. The average molecular weight is 219 g/mol. The molecule has 0 aromatic rings. The lowest BCUT2D eigenvalue weighted by atomic mass is 10.2. The fraction of sp³-hybridized carbons (Fsp3) is 1.00. The van der Waals surface area contributed by atoms with E-state index in [-0.39, 0.29) is 0 Å². The first-order valence-electron chi connectivity index (χ1n) is 5.63. The first-order valence-corrected chi connectivity index (χ1v) is 6.79. The largest absolute Gasteiger partial charge is 0.382 e. The first-order chi connectivity index (χ1) is 6.77. The minimum absolute atomic E-state index is 0.762. The molecule has 0 aliphatic heterocycles. The molecule has 0 aromatic heterocycles. The molecule has 0 heterocycles. The molecular formula is C11H25NOS. The van der Waals surface area contributed by atoms with Crippen molar-refractivity contribution in [3.8, 4) is 0 Å². The molecule has 0 rings (SSSR count). The van der Waals surface area contributed by atoms with Gasteiger partial charge < -0.3 is 10.1 Å². The van der Waals surface area contributed by atoms with Crippen LogP contribution in [0.4, 0.5) is 0 Å². The van der Waals surface area contributed by atoms with Crippen LogP contribution >= 0.6 is 11.8 Å². The second kappa shape index (κ2) is 11.3. The molecule has 0 aliphatic rings. The van der Waals surface area contributed by atoms with Gasteiger partial charge in [-0.15, -0.1) is 0 Å². The molecule has 0 atom stereocenters. The topological polar surface area (TPSA) is 21.3 Å². The van der Waals surface area contributed by atoms with E-state index in [1.165, 1.54) is 17.9 Å². The molecule has 0 saturated carbocycles. The normalized spacial score (nSPS) is 11.1. The van der Waals surface area contributed by atoms with Gasteiger partial charge >= 0.3 is 0 Å². The molecule has 0 aromatic carbocycles. The molecule has 3 heteroatoms. The lowest BCUT2D eigenvalue weighted by Crippen LogP contribution is -2.22. The van der Waals surface area contributed by atoms with Crippen molar-refractivity contribution in [1.82, 2.24) is 5.32 Å². The van der Waals surface area contributed by atoms with Crippen LogP contribution in [0.15, 0.2) is 0 Å². The van der Waals surface area contributed by atoms with Crippen molar-refractivity contribution in [2.75, 3.05) is 37.8 Å². The first kappa shape index (κ1) is 14.3. The highest BCUT2D eigenvalue weighted by molar-refractivity contribution is 7.99. The van der Waals surface area contributed by atoms with Gasteiger partial charge in [-0.2, -0.15) is 11.8 Å². The molecule has 0 fully saturated rings. The van der Waals surface area contributed by atoms with E-state index in [4.69, 9.17) is 4.74 Å². The summed E-state index contributed by atoms with van der Waals surface area (Å²) in [5.74, 6) is 3.21. The maximum absolute atomic E-state index is 5.26. The van der Waals surface area contributed by atoms with E-state index in [1.54, 1.807) is 0 Å². The highest BCUT2D eigenvalue weighted by Gasteiger charge is 1.93. The fourth-order valence-electron chi connectivity index (χ4n) is 1.04. The van der Waals surface area contributed by atoms with Crippen LogP contribution in [-0.4, -0.2) is 37.8 Å². The monoisotopic (exact) mass is 219 g/mol. The zero-order valence-electron chi connectivity index (χ0n) is 9.84. The number of hydrogen-bond acceptors (Lipinski definition) is 3. The Morgan fingerprint density at radius 3 is 2.71 bits per heavy atom. The van der Waals surface area contributed by atoms with Crippen LogP contribution < -0.4 is 5.32 Å². The molecule has 14 heavy (non-hydrogen) atoms. The van der Waals surface area contributed by atoms with Crippen LogP contribution in [0, 0.1) is 5.92 Å². The number of ether oxygens (including phenoxy) is 1. The fourth-order valence-corrected chi connectivity index (χ4v) is 1.86. The van der Waals surface area contributed by atoms with Gasteiger partial charge in [0.2, 0.25) is 0 Å². The molecular weight excluding hydrogens is 194 g/mol. The SMILES string of the molecule is CCOCCCSCCNCC(C)C. The Morgan fingerprint density at radius 1 is 1.29 bits per heavy atom.